The monoisotopic (exact) mass is 807 g/mol. The number of esters is 1. The van der Waals surface area contributed by atoms with Crippen molar-refractivity contribution in [3.63, 3.8) is 0 Å². The van der Waals surface area contributed by atoms with Gasteiger partial charge in [-0.15, -0.1) is 0 Å². The van der Waals surface area contributed by atoms with E-state index in [9.17, 15) is 14.7 Å². The second-order valence-corrected chi connectivity index (χ2v) is 22.7. The fourth-order valence-electron chi connectivity index (χ4n) is 16.4. The summed E-state index contributed by atoms with van der Waals surface area (Å²) < 4.78 is 12.9. The van der Waals surface area contributed by atoms with Crippen LogP contribution in [0.3, 0.4) is 0 Å². The third kappa shape index (κ3) is 5.71. The first-order chi connectivity index (χ1) is 27.8. The minimum Gasteiger partial charge on any atom is -0.481 e. The minimum atomic E-state index is -0.819. The third-order valence-corrected chi connectivity index (χ3v) is 19.9. The number of aliphatic carboxylic acids is 1. The Balaban J connectivity index is 0.968. The lowest BCUT2D eigenvalue weighted by molar-refractivity contribution is -0.251. The van der Waals surface area contributed by atoms with Crippen LogP contribution in [0.2, 0.25) is 0 Å². The van der Waals surface area contributed by atoms with Crippen LogP contribution < -0.4 is 0 Å². The van der Waals surface area contributed by atoms with Crippen molar-refractivity contribution in [1.29, 1.82) is 0 Å². The number of ether oxygens (including phenoxy) is 1. The first-order valence-electron chi connectivity index (χ1n) is 23.2. The average Bonchev–Trinajstić information content (AvgIpc) is 3.95. The Labute approximate surface area is 352 Å². The first kappa shape index (κ1) is 41.0. The van der Waals surface area contributed by atoms with Crippen LogP contribution in [0.25, 0.3) is 11.3 Å². The van der Waals surface area contributed by atoms with Crippen molar-refractivity contribution >= 4 is 17.8 Å². The van der Waals surface area contributed by atoms with Crippen molar-refractivity contribution < 1.29 is 28.6 Å². The molecule has 2 aromatic rings. The largest absolute Gasteiger partial charge is 0.481 e. The summed E-state index contributed by atoms with van der Waals surface area (Å²) in [7, 11) is 0. The molecular formula is C51H70N2O6. The second kappa shape index (κ2) is 13.8. The van der Waals surface area contributed by atoms with E-state index in [1.807, 2.05) is 50.4 Å². The number of carboxylic acids is 1. The highest BCUT2D eigenvalue weighted by atomic mass is 16.5. The highest BCUT2D eigenvalue weighted by Crippen LogP contribution is 2.78. The zero-order valence-electron chi connectivity index (χ0n) is 37.1. The lowest BCUT2D eigenvalue weighted by Gasteiger charge is -2.73. The van der Waals surface area contributed by atoms with E-state index in [1.165, 1.54) is 12.0 Å². The molecule has 7 aliphatic rings. The Morgan fingerprint density at radius 1 is 0.831 bits per heavy atom. The van der Waals surface area contributed by atoms with Crippen molar-refractivity contribution in [3.05, 3.63) is 54.6 Å². The number of allylic oxidation sites excluding steroid dienone is 1. The van der Waals surface area contributed by atoms with E-state index in [0.717, 1.165) is 88.5 Å². The van der Waals surface area contributed by atoms with Crippen molar-refractivity contribution in [2.75, 3.05) is 6.54 Å². The molecule has 8 nitrogen and oxygen atoms in total. The van der Waals surface area contributed by atoms with Crippen LogP contribution in [0.5, 0.6) is 0 Å². The van der Waals surface area contributed by atoms with Crippen LogP contribution in [-0.4, -0.2) is 45.5 Å². The molecule has 1 aromatic heterocycles. The fourth-order valence-corrected chi connectivity index (χ4v) is 16.4. The van der Waals surface area contributed by atoms with Crippen molar-refractivity contribution in [2.24, 2.45) is 73.9 Å². The molecule has 1 N–H and O–H groups in total. The quantitative estimate of drug-likeness (QED) is 0.219. The van der Waals surface area contributed by atoms with E-state index in [1.54, 1.807) is 0 Å². The van der Waals surface area contributed by atoms with Gasteiger partial charge in [-0.2, -0.15) is 0 Å². The number of hydrogen-bond donors (Lipinski definition) is 1. The van der Waals surface area contributed by atoms with E-state index >= 15 is 4.79 Å². The second-order valence-electron chi connectivity index (χ2n) is 22.7. The van der Waals surface area contributed by atoms with Gasteiger partial charge in [-0.1, -0.05) is 91.0 Å². The molecule has 320 valence electrons. The number of benzene rings is 1. The zero-order valence-corrected chi connectivity index (χ0v) is 37.1. The molecule has 0 bridgehead atoms. The number of hydrogen-bond acceptors (Lipinski definition) is 6. The molecule has 1 saturated heterocycles. The fraction of sp³-hybridized carbons (Fsp3) is 0.725. The average molecular weight is 807 g/mol. The highest BCUT2D eigenvalue weighted by molar-refractivity contribution is 5.85. The van der Waals surface area contributed by atoms with Gasteiger partial charge in [0.05, 0.1) is 23.4 Å². The summed E-state index contributed by atoms with van der Waals surface area (Å²) in [6.45, 7) is 23.9. The normalized spacial score (nSPS) is 43.0. The number of rotatable bonds is 7. The molecule has 9 rings (SSSR count). The van der Waals surface area contributed by atoms with E-state index in [0.29, 0.717) is 41.9 Å². The van der Waals surface area contributed by atoms with Crippen LogP contribution in [0, 0.1) is 73.9 Å². The van der Waals surface area contributed by atoms with Gasteiger partial charge in [0, 0.05) is 17.5 Å². The number of nitrogens with zero attached hydrogens (tertiary/aromatic N) is 2. The Kier molecular flexibility index (Phi) is 9.58. The van der Waals surface area contributed by atoms with Crippen LogP contribution >= 0.6 is 0 Å². The predicted octanol–water partition coefficient (Wildman–Crippen LogP) is 11.3. The van der Waals surface area contributed by atoms with E-state index in [-0.39, 0.29) is 57.0 Å². The summed E-state index contributed by atoms with van der Waals surface area (Å²) in [6.07, 6.45) is 14.3. The Morgan fingerprint density at radius 3 is 2.27 bits per heavy atom. The number of carbonyl (C=O) groups is 3. The van der Waals surface area contributed by atoms with Gasteiger partial charge in [0.15, 0.2) is 5.76 Å². The lowest BCUT2D eigenvalue weighted by Crippen LogP contribution is -2.67. The van der Waals surface area contributed by atoms with Gasteiger partial charge >= 0.3 is 11.9 Å². The highest BCUT2D eigenvalue weighted by Gasteiger charge is 2.72. The standard InChI is InChI=1S/C51H70N2O6/c1-30(2)32-19-24-51(45(57)53-27-13-16-36(53)42-52-29-37(58-42)31-14-11-10-12-15-31)26-25-49(8)33(41(32)51)17-18-39-48(7)22-21-40(47(5,6)38(48)20-23-50(39,49)9)59-44(56)35-28-34(43(54)55)46(35,3)4/h10-12,14-15,29,32-36,38-41H,1,13,16-28H2,2-9H3,(H,54,55)/t32-,33+,34-,35+,36-,38-,39+,40-,41+,48-,49+,50+,51-/m0/s1. The molecular weight excluding hydrogens is 737 g/mol. The summed E-state index contributed by atoms with van der Waals surface area (Å²) in [4.78, 5) is 48.0. The number of aromatic nitrogens is 1. The summed E-state index contributed by atoms with van der Waals surface area (Å²) in [5, 5.41) is 9.70. The van der Waals surface area contributed by atoms with E-state index in [4.69, 9.17) is 14.1 Å². The summed E-state index contributed by atoms with van der Waals surface area (Å²) in [5.74, 6) is 1.92. The van der Waals surface area contributed by atoms with Crippen molar-refractivity contribution in [2.45, 2.75) is 151 Å². The molecule has 6 saturated carbocycles. The molecule has 0 spiro atoms. The van der Waals surface area contributed by atoms with E-state index < -0.39 is 17.3 Å². The van der Waals surface area contributed by atoms with Crippen LogP contribution in [0.15, 0.2) is 53.1 Å². The Morgan fingerprint density at radius 2 is 1.58 bits per heavy atom. The smallest absolute Gasteiger partial charge is 0.309 e. The van der Waals surface area contributed by atoms with Gasteiger partial charge < -0.3 is 19.2 Å². The van der Waals surface area contributed by atoms with Gasteiger partial charge in [-0.05, 0) is 142 Å². The molecule has 1 aromatic carbocycles. The zero-order chi connectivity index (χ0) is 42.1. The SMILES string of the molecule is C=C(C)[C@@H]1CC[C@]2(C(=O)N3CCC[C@H]3c3ncc(-c4ccccc4)o3)CC[C@]3(C)[C@H](CC[C@@H]4[C@@]5(C)CC[C@H](OC(=O)[C@H]6C[C@@H](C(=O)O)C6(C)C)C(C)(C)[C@@H]5CC[C@]43C)[C@@H]12. The molecule has 0 radical (unpaired) electrons. The van der Waals surface area contributed by atoms with Gasteiger partial charge in [-0.25, -0.2) is 4.98 Å². The molecule has 1 amide bonds. The third-order valence-electron chi connectivity index (χ3n) is 19.9. The number of carbonyl (C=O) groups excluding carboxylic acids is 2. The Hall–Kier alpha value is -3.42. The molecule has 6 aliphatic carbocycles. The number of likely N-dealkylation sites (tertiary alicyclic amines) is 1. The molecule has 13 atom stereocenters. The summed E-state index contributed by atoms with van der Waals surface area (Å²) in [5.41, 5.74) is 1.41. The van der Waals surface area contributed by atoms with Crippen molar-refractivity contribution in [1.82, 2.24) is 9.88 Å². The maximum Gasteiger partial charge on any atom is 0.309 e. The van der Waals surface area contributed by atoms with Crippen LogP contribution in [-0.2, 0) is 19.1 Å². The molecule has 2 heterocycles. The maximum atomic E-state index is 15.5. The van der Waals surface area contributed by atoms with Gasteiger partial charge in [0.25, 0.3) is 0 Å². The van der Waals surface area contributed by atoms with Gasteiger partial charge in [0.1, 0.15) is 12.1 Å². The first-order valence-corrected chi connectivity index (χ1v) is 23.2. The van der Waals surface area contributed by atoms with Crippen LogP contribution in [0.1, 0.15) is 151 Å². The number of amides is 1. The Bertz CT molecular complexity index is 2020. The maximum absolute atomic E-state index is 15.5. The van der Waals surface area contributed by atoms with E-state index in [2.05, 4.69) is 53.0 Å². The number of fused-ring (bicyclic) bond motifs is 7. The predicted molar refractivity (Wildman–Crippen MR) is 227 cm³/mol. The molecule has 0 unspecified atom stereocenters. The number of carboxylic acid groups (broad SMARTS) is 1. The summed E-state index contributed by atoms with van der Waals surface area (Å²) >= 11 is 0. The van der Waals surface area contributed by atoms with Gasteiger partial charge in [0.2, 0.25) is 11.8 Å². The summed E-state index contributed by atoms with van der Waals surface area (Å²) in [6, 6.07) is 9.99. The van der Waals surface area contributed by atoms with Gasteiger partial charge in [-0.3, -0.25) is 14.4 Å². The molecule has 1 aliphatic heterocycles. The minimum absolute atomic E-state index is 0.0951. The number of oxazole rings is 1. The lowest BCUT2D eigenvalue weighted by atomic mass is 9.32. The molecule has 59 heavy (non-hydrogen) atoms. The van der Waals surface area contributed by atoms with Crippen molar-refractivity contribution in [3.8, 4) is 11.3 Å². The van der Waals surface area contributed by atoms with Crippen LogP contribution in [0.4, 0.5) is 0 Å². The molecule has 7 fully saturated rings. The molecule has 8 heteroatoms. The topological polar surface area (TPSA) is 110 Å².